The minimum Gasteiger partial charge on any atom is -0.465 e. The molecular formula is C14H17N3O3. The maximum atomic E-state index is 11.9. The highest BCUT2D eigenvalue weighted by Crippen LogP contribution is 2.06. The number of nitrogens with one attached hydrogen (secondary N) is 1. The largest absolute Gasteiger partial charge is 0.465 e. The maximum Gasteiger partial charge on any atom is 0.320 e. The number of likely N-dealkylation sites (N-methyl/N-ethyl adjacent to an activating group) is 1. The van der Waals surface area contributed by atoms with Crippen LogP contribution in [-0.4, -0.2) is 41.0 Å². The lowest BCUT2D eigenvalue weighted by molar-refractivity contribution is -0.144. The van der Waals surface area contributed by atoms with Gasteiger partial charge in [0, 0.05) is 0 Å². The lowest BCUT2D eigenvalue weighted by Gasteiger charge is -2.14. The molecule has 0 unspecified atom stereocenters. The molecule has 0 fully saturated rings. The van der Waals surface area contributed by atoms with Gasteiger partial charge in [0.15, 0.2) is 0 Å². The van der Waals surface area contributed by atoms with Gasteiger partial charge in [0.05, 0.1) is 30.6 Å². The number of hydrogen-bond donors (Lipinski definition) is 1. The van der Waals surface area contributed by atoms with Gasteiger partial charge in [-0.1, -0.05) is 12.1 Å². The van der Waals surface area contributed by atoms with E-state index in [4.69, 9.17) is 4.74 Å². The van der Waals surface area contributed by atoms with Gasteiger partial charge in [0.2, 0.25) is 0 Å². The van der Waals surface area contributed by atoms with Crippen molar-refractivity contribution >= 4 is 16.9 Å². The summed E-state index contributed by atoms with van der Waals surface area (Å²) in [6, 6.07) is 7.15. The van der Waals surface area contributed by atoms with E-state index >= 15 is 0 Å². The third-order valence-corrected chi connectivity index (χ3v) is 2.79. The van der Waals surface area contributed by atoms with Gasteiger partial charge >= 0.3 is 5.97 Å². The van der Waals surface area contributed by atoms with Gasteiger partial charge in [0.25, 0.3) is 5.56 Å². The Morgan fingerprint density at radius 1 is 1.40 bits per heavy atom. The van der Waals surface area contributed by atoms with E-state index in [1.807, 2.05) is 6.07 Å². The van der Waals surface area contributed by atoms with Crippen molar-refractivity contribution in [1.29, 1.82) is 0 Å². The summed E-state index contributed by atoms with van der Waals surface area (Å²) in [5.74, 6) is 0.235. The molecule has 0 amide bonds. The summed E-state index contributed by atoms with van der Waals surface area (Å²) in [6.45, 7) is 2.65. The lowest BCUT2D eigenvalue weighted by Crippen LogP contribution is -2.28. The number of benzene rings is 1. The molecule has 0 aliphatic heterocycles. The number of H-pyrrole nitrogens is 1. The molecule has 0 bridgehead atoms. The monoisotopic (exact) mass is 275 g/mol. The molecular weight excluding hydrogens is 258 g/mol. The van der Waals surface area contributed by atoms with Crippen molar-refractivity contribution in [3.8, 4) is 0 Å². The summed E-state index contributed by atoms with van der Waals surface area (Å²) < 4.78 is 4.87. The third-order valence-electron chi connectivity index (χ3n) is 2.79. The topological polar surface area (TPSA) is 75.3 Å². The van der Waals surface area contributed by atoms with Crippen molar-refractivity contribution < 1.29 is 9.53 Å². The summed E-state index contributed by atoms with van der Waals surface area (Å²) in [5.41, 5.74) is 0.478. The number of hydrogen-bond acceptors (Lipinski definition) is 5. The van der Waals surface area contributed by atoms with Gasteiger partial charge in [0.1, 0.15) is 5.82 Å². The minimum atomic E-state index is -0.293. The van der Waals surface area contributed by atoms with E-state index < -0.39 is 0 Å². The Morgan fingerprint density at radius 3 is 2.90 bits per heavy atom. The Labute approximate surface area is 116 Å². The van der Waals surface area contributed by atoms with E-state index in [2.05, 4.69) is 9.97 Å². The van der Waals surface area contributed by atoms with E-state index in [0.29, 0.717) is 29.9 Å². The zero-order valence-electron chi connectivity index (χ0n) is 11.5. The molecule has 6 nitrogen and oxygen atoms in total. The fourth-order valence-corrected chi connectivity index (χ4v) is 1.95. The van der Waals surface area contributed by atoms with Gasteiger partial charge < -0.3 is 9.72 Å². The Hall–Kier alpha value is -2.21. The quantitative estimate of drug-likeness (QED) is 0.821. The first kappa shape index (κ1) is 14.2. The highest BCUT2D eigenvalue weighted by Gasteiger charge is 2.10. The molecule has 0 spiro atoms. The molecule has 0 radical (unpaired) electrons. The Bertz CT molecular complexity index is 666. The van der Waals surface area contributed by atoms with Crippen molar-refractivity contribution in [2.24, 2.45) is 0 Å². The van der Waals surface area contributed by atoms with Crippen LogP contribution in [0.15, 0.2) is 29.1 Å². The number of aromatic amines is 1. The number of nitrogens with zero attached hydrogens (tertiary/aromatic N) is 2. The molecule has 106 valence electrons. The summed E-state index contributed by atoms with van der Waals surface area (Å²) in [5, 5.41) is 0.560. The molecule has 0 aliphatic carbocycles. The molecule has 2 rings (SSSR count). The first-order valence-corrected chi connectivity index (χ1v) is 6.42. The summed E-state index contributed by atoms with van der Waals surface area (Å²) in [6.07, 6.45) is 0. The second-order valence-corrected chi connectivity index (χ2v) is 4.51. The number of carbonyl (C=O) groups is 1. The minimum absolute atomic E-state index is 0.157. The SMILES string of the molecule is CCOC(=O)CN(C)Cc1nc2ccccc2c(=O)[nH]1. The van der Waals surface area contributed by atoms with Crippen molar-refractivity contribution in [2.45, 2.75) is 13.5 Å². The number of esters is 1. The number of rotatable bonds is 5. The molecule has 0 atom stereocenters. The number of aromatic nitrogens is 2. The number of ether oxygens (including phenoxy) is 1. The van der Waals surface area contributed by atoms with Crippen LogP contribution in [0, 0.1) is 0 Å². The van der Waals surface area contributed by atoms with Crippen LogP contribution in [0.4, 0.5) is 0 Å². The predicted molar refractivity (Wildman–Crippen MR) is 75.3 cm³/mol. The zero-order chi connectivity index (χ0) is 14.5. The highest BCUT2D eigenvalue weighted by molar-refractivity contribution is 5.77. The first-order chi connectivity index (χ1) is 9.60. The molecule has 0 aliphatic rings. The fourth-order valence-electron chi connectivity index (χ4n) is 1.95. The standard InChI is InChI=1S/C14H17N3O3/c1-3-20-13(18)9-17(2)8-12-15-11-7-5-4-6-10(11)14(19)16-12/h4-7H,3,8-9H2,1-2H3,(H,15,16,19). The van der Waals surface area contributed by atoms with E-state index in [9.17, 15) is 9.59 Å². The molecule has 1 heterocycles. The summed E-state index contributed by atoms with van der Waals surface area (Å²) >= 11 is 0. The van der Waals surface area contributed by atoms with E-state index in [-0.39, 0.29) is 18.1 Å². The molecule has 6 heteroatoms. The smallest absolute Gasteiger partial charge is 0.320 e. The molecule has 0 saturated carbocycles. The van der Waals surface area contributed by atoms with Crippen molar-refractivity contribution in [3.63, 3.8) is 0 Å². The fraction of sp³-hybridized carbons (Fsp3) is 0.357. The van der Waals surface area contributed by atoms with Gasteiger partial charge in [-0.15, -0.1) is 0 Å². The van der Waals surface area contributed by atoms with Crippen LogP contribution in [0.2, 0.25) is 0 Å². The van der Waals surface area contributed by atoms with Crippen LogP contribution in [0.5, 0.6) is 0 Å². The molecule has 20 heavy (non-hydrogen) atoms. The third kappa shape index (κ3) is 3.42. The second kappa shape index (κ2) is 6.29. The van der Waals surface area contributed by atoms with Crippen molar-refractivity contribution in [2.75, 3.05) is 20.2 Å². The number of carbonyl (C=O) groups excluding carboxylic acids is 1. The molecule has 2 aromatic rings. The molecule has 1 aromatic carbocycles. The van der Waals surface area contributed by atoms with E-state index in [1.54, 1.807) is 37.1 Å². The van der Waals surface area contributed by atoms with Crippen LogP contribution < -0.4 is 5.56 Å². The zero-order valence-corrected chi connectivity index (χ0v) is 11.5. The van der Waals surface area contributed by atoms with E-state index in [1.165, 1.54) is 0 Å². The summed E-state index contributed by atoms with van der Waals surface area (Å²) in [7, 11) is 1.77. The van der Waals surface area contributed by atoms with Crippen LogP contribution >= 0.6 is 0 Å². The first-order valence-electron chi connectivity index (χ1n) is 6.42. The maximum absolute atomic E-state index is 11.9. The Balaban J connectivity index is 2.14. The lowest BCUT2D eigenvalue weighted by atomic mass is 10.2. The van der Waals surface area contributed by atoms with Gasteiger partial charge in [-0.2, -0.15) is 0 Å². The number of para-hydroxylation sites is 1. The van der Waals surface area contributed by atoms with Crippen molar-refractivity contribution in [3.05, 3.63) is 40.4 Å². The summed E-state index contributed by atoms with van der Waals surface area (Å²) in [4.78, 5) is 32.1. The van der Waals surface area contributed by atoms with Gasteiger partial charge in [-0.25, -0.2) is 4.98 Å². The second-order valence-electron chi connectivity index (χ2n) is 4.51. The Kier molecular flexibility index (Phi) is 4.47. The normalized spacial score (nSPS) is 10.9. The molecule has 0 saturated heterocycles. The van der Waals surface area contributed by atoms with Crippen molar-refractivity contribution in [1.82, 2.24) is 14.9 Å². The predicted octanol–water partition coefficient (Wildman–Crippen LogP) is 0.918. The average Bonchev–Trinajstić information content (AvgIpc) is 2.38. The average molecular weight is 275 g/mol. The van der Waals surface area contributed by atoms with Crippen LogP contribution in [-0.2, 0) is 16.1 Å². The van der Waals surface area contributed by atoms with Crippen LogP contribution in [0.25, 0.3) is 10.9 Å². The van der Waals surface area contributed by atoms with Gasteiger partial charge in [-0.3, -0.25) is 14.5 Å². The van der Waals surface area contributed by atoms with Crippen LogP contribution in [0.1, 0.15) is 12.7 Å². The number of fused-ring (bicyclic) bond motifs is 1. The molecule has 1 N–H and O–H groups in total. The molecule has 1 aromatic heterocycles. The van der Waals surface area contributed by atoms with Crippen LogP contribution in [0.3, 0.4) is 0 Å². The highest BCUT2D eigenvalue weighted by atomic mass is 16.5. The van der Waals surface area contributed by atoms with Gasteiger partial charge in [-0.05, 0) is 26.1 Å². The Morgan fingerprint density at radius 2 is 2.15 bits per heavy atom. The van der Waals surface area contributed by atoms with E-state index in [0.717, 1.165) is 0 Å².